The molecule has 7 heteroatoms. The predicted octanol–water partition coefficient (Wildman–Crippen LogP) is 2.88. The molecule has 1 aliphatic heterocycles. The highest BCUT2D eigenvalue weighted by atomic mass is 16.5. The molecule has 0 radical (unpaired) electrons. The number of esters is 1. The number of ether oxygens (including phenoxy) is 3. The summed E-state index contributed by atoms with van der Waals surface area (Å²) < 4.78 is 16.3. The Bertz CT molecular complexity index is 829. The van der Waals surface area contributed by atoms with Gasteiger partial charge in [0.05, 0.1) is 25.4 Å². The zero-order chi connectivity index (χ0) is 19.9. The third kappa shape index (κ3) is 4.86. The van der Waals surface area contributed by atoms with E-state index in [0.29, 0.717) is 42.3 Å². The maximum atomic E-state index is 12.4. The summed E-state index contributed by atoms with van der Waals surface area (Å²) in [6.45, 7) is 6.77. The van der Waals surface area contributed by atoms with E-state index in [-0.39, 0.29) is 12.4 Å². The van der Waals surface area contributed by atoms with Crippen LogP contribution in [0.5, 0.6) is 5.75 Å². The Kier molecular flexibility index (Phi) is 6.60. The van der Waals surface area contributed by atoms with E-state index in [2.05, 4.69) is 9.88 Å². The first-order valence-corrected chi connectivity index (χ1v) is 9.31. The van der Waals surface area contributed by atoms with E-state index in [0.717, 1.165) is 18.9 Å². The number of Topliss-reactive ketones (excluding diaryl/α,β-unsaturated/α-hetero) is 1. The quantitative estimate of drug-likeness (QED) is 0.536. The maximum absolute atomic E-state index is 12.4. The summed E-state index contributed by atoms with van der Waals surface area (Å²) in [5.41, 5.74) is 1.57. The molecule has 0 unspecified atom stereocenters. The molecule has 1 saturated heterocycles. The number of carbonyl (C=O) groups excluding carboxylic acids is 2. The van der Waals surface area contributed by atoms with Gasteiger partial charge in [-0.15, -0.1) is 0 Å². The number of pyridine rings is 1. The van der Waals surface area contributed by atoms with Crippen molar-refractivity contribution in [2.75, 3.05) is 37.8 Å². The topological polar surface area (TPSA) is 78.0 Å². The van der Waals surface area contributed by atoms with Crippen LogP contribution >= 0.6 is 0 Å². The Morgan fingerprint density at radius 3 is 2.54 bits per heavy atom. The molecule has 3 rings (SSSR count). The van der Waals surface area contributed by atoms with Gasteiger partial charge in [0.25, 0.3) is 0 Å². The van der Waals surface area contributed by atoms with E-state index < -0.39 is 5.97 Å². The molecule has 0 saturated carbocycles. The molecule has 1 fully saturated rings. The Hall–Kier alpha value is -2.93. The first-order valence-electron chi connectivity index (χ1n) is 9.31. The van der Waals surface area contributed by atoms with Gasteiger partial charge in [-0.1, -0.05) is 0 Å². The van der Waals surface area contributed by atoms with Gasteiger partial charge >= 0.3 is 5.97 Å². The van der Waals surface area contributed by atoms with Crippen molar-refractivity contribution in [3.8, 4) is 5.75 Å². The van der Waals surface area contributed by atoms with Gasteiger partial charge in [0.15, 0.2) is 5.78 Å². The number of benzene rings is 1. The second-order valence-corrected chi connectivity index (χ2v) is 6.39. The Labute approximate surface area is 164 Å². The minimum Gasteiger partial charge on any atom is -0.493 e. The van der Waals surface area contributed by atoms with Crippen LogP contribution in [0.1, 0.15) is 40.1 Å². The average Bonchev–Trinajstić information content (AvgIpc) is 2.73. The molecule has 148 valence electrons. The molecule has 0 amide bonds. The van der Waals surface area contributed by atoms with Crippen LogP contribution in [0.3, 0.4) is 0 Å². The van der Waals surface area contributed by atoms with Gasteiger partial charge in [-0.05, 0) is 44.2 Å². The van der Waals surface area contributed by atoms with Crippen molar-refractivity contribution in [1.29, 1.82) is 0 Å². The van der Waals surface area contributed by atoms with E-state index in [1.54, 1.807) is 24.3 Å². The van der Waals surface area contributed by atoms with E-state index in [9.17, 15) is 9.59 Å². The lowest BCUT2D eigenvalue weighted by molar-refractivity contribution is 0.0469. The molecule has 0 N–H and O–H groups in total. The van der Waals surface area contributed by atoms with Crippen LogP contribution in [0.25, 0.3) is 0 Å². The predicted molar refractivity (Wildman–Crippen MR) is 104 cm³/mol. The summed E-state index contributed by atoms with van der Waals surface area (Å²) in [5, 5.41) is 0. The summed E-state index contributed by atoms with van der Waals surface area (Å²) >= 11 is 0. The molecule has 1 aliphatic rings. The molecule has 0 aliphatic carbocycles. The molecule has 2 aromatic rings. The monoisotopic (exact) mass is 384 g/mol. The summed E-state index contributed by atoms with van der Waals surface area (Å²) in [4.78, 5) is 30.5. The fraction of sp³-hybridized carbons (Fsp3) is 0.381. The van der Waals surface area contributed by atoms with E-state index in [1.165, 1.54) is 13.1 Å². The molecule has 0 atom stereocenters. The van der Waals surface area contributed by atoms with E-state index in [4.69, 9.17) is 14.2 Å². The minimum atomic E-state index is -0.475. The molecule has 1 aromatic heterocycles. The summed E-state index contributed by atoms with van der Waals surface area (Å²) in [6, 6.07) is 8.63. The Balaban J connectivity index is 1.66. The molecule has 0 spiro atoms. The summed E-state index contributed by atoms with van der Waals surface area (Å²) in [7, 11) is 0. The number of carbonyl (C=O) groups is 2. The number of hydrogen-bond acceptors (Lipinski definition) is 7. The second kappa shape index (κ2) is 9.32. The average molecular weight is 384 g/mol. The molecule has 28 heavy (non-hydrogen) atoms. The lowest BCUT2D eigenvalue weighted by Crippen LogP contribution is -2.36. The summed E-state index contributed by atoms with van der Waals surface area (Å²) in [6.07, 6.45) is 1.52. The van der Waals surface area contributed by atoms with Gasteiger partial charge < -0.3 is 19.1 Å². The number of hydrogen-bond donors (Lipinski definition) is 0. The van der Waals surface area contributed by atoms with Gasteiger partial charge in [0.2, 0.25) is 0 Å². The SMILES string of the molecule is CCOc1ccc(C(C)=O)cc1COC(=O)c1ccc(N2CCOCC2)nc1. The van der Waals surface area contributed by atoms with Crippen molar-refractivity contribution in [3.63, 3.8) is 0 Å². The van der Waals surface area contributed by atoms with Crippen molar-refractivity contribution in [3.05, 3.63) is 53.2 Å². The van der Waals surface area contributed by atoms with E-state index >= 15 is 0 Å². The largest absolute Gasteiger partial charge is 0.493 e. The molecule has 1 aromatic carbocycles. The highest BCUT2D eigenvalue weighted by molar-refractivity contribution is 5.94. The van der Waals surface area contributed by atoms with Crippen LogP contribution < -0.4 is 9.64 Å². The van der Waals surface area contributed by atoms with Gasteiger partial charge in [-0.3, -0.25) is 4.79 Å². The smallest absolute Gasteiger partial charge is 0.340 e. The number of nitrogens with zero attached hydrogens (tertiary/aromatic N) is 2. The lowest BCUT2D eigenvalue weighted by atomic mass is 10.1. The number of aromatic nitrogens is 1. The maximum Gasteiger partial charge on any atom is 0.340 e. The van der Waals surface area contributed by atoms with Crippen LogP contribution in [0, 0.1) is 0 Å². The van der Waals surface area contributed by atoms with Gasteiger partial charge in [-0.2, -0.15) is 0 Å². The standard InChI is InChI=1S/C21H24N2O5/c1-3-27-19-6-4-16(15(2)24)12-18(19)14-28-21(25)17-5-7-20(22-13-17)23-8-10-26-11-9-23/h4-7,12-13H,3,8-11,14H2,1-2H3. The number of ketones is 1. The molecule has 2 heterocycles. The molecular weight excluding hydrogens is 360 g/mol. The first kappa shape index (κ1) is 19.8. The third-order valence-corrected chi connectivity index (χ3v) is 4.44. The van der Waals surface area contributed by atoms with E-state index in [1.807, 2.05) is 13.0 Å². The number of rotatable bonds is 7. The van der Waals surface area contributed by atoms with Crippen LogP contribution in [0.15, 0.2) is 36.5 Å². The Morgan fingerprint density at radius 2 is 1.89 bits per heavy atom. The lowest BCUT2D eigenvalue weighted by Gasteiger charge is -2.27. The number of anilines is 1. The van der Waals surface area contributed by atoms with Crippen molar-refractivity contribution in [2.45, 2.75) is 20.5 Å². The summed E-state index contributed by atoms with van der Waals surface area (Å²) in [5.74, 6) is 0.879. The zero-order valence-electron chi connectivity index (χ0n) is 16.1. The zero-order valence-corrected chi connectivity index (χ0v) is 16.1. The van der Waals surface area contributed by atoms with Crippen molar-refractivity contribution in [2.24, 2.45) is 0 Å². The van der Waals surface area contributed by atoms with Crippen molar-refractivity contribution in [1.82, 2.24) is 4.98 Å². The molecule has 0 bridgehead atoms. The van der Waals surface area contributed by atoms with Crippen molar-refractivity contribution >= 4 is 17.6 Å². The van der Waals surface area contributed by atoms with Crippen LogP contribution in [0.4, 0.5) is 5.82 Å². The highest BCUT2D eigenvalue weighted by Crippen LogP contribution is 2.22. The number of morpholine rings is 1. The van der Waals surface area contributed by atoms with Gasteiger partial charge in [0.1, 0.15) is 18.2 Å². The normalized spacial score (nSPS) is 13.9. The minimum absolute atomic E-state index is 0.0144. The molecule has 7 nitrogen and oxygen atoms in total. The van der Waals surface area contributed by atoms with Gasteiger partial charge in [0, 0.05) is 30.4 Å². The highest BCUT2D eigenvalue weighted by Gasteiger charge is 2.15. The fourth-order valence-corrected chi connectivity index (χ4v) is 2.92. The third-order valence-electron chi connectivity index (χ3n) is 4.44. The van der Waals surface area contributed by atoms with Gasteiger partial charge in [-0.25, -0.2) is 9.78 Å². The molecular formula is C21H24N2O5. The van der Waals surface area contributed by atoms with Crippen molar-refractivity contribution < 1.29 is 23.8 Å². The van der Waals surface area contributed by atoms with Crippen LogP contribution in [0.2, 0.25) is 0 Å². The fourth-order valence-electron chi connectivity index (χ4n) is 2.92. The van der Waals surface area contributed by atoms with Crippen LogP contribution in [-0.2, 0) is 16.1 Å². The first-order chi connectivity index (χ1) is 13.6. The second-order valence-electron chi connectivity index (χ2n) is 6.39. The van der Waals surface area contributed by atoms with Crippen LogP contribution in [-0.4, -0.2) is 49.6 Å². The Morgan fingerprint density at radius 1 is 1.14 bits per heavy atom.